The zero-order chi connectivity index (χ0) is 17.5. The number of ether oxygens (including phenoxy) is 2. The fraction of sp³-hybridized carbons (Fsp3) is 0.278. The lowest BCUT2D eigenvalue weighted by atomic mass is 10.1. The maximum absolute atomic E-state index is 12.8. The second-order valence-corrected chi connectivity index (χ2v) is 5.53. The number of carbonyl (C=O) groups is 1. The summed E-state index contributed by atoms with van der Waals surface area (Å²) < 4.78 is 23.6. The van der Waals surface area contributed by atoms with Gasteiger partial charge in [-0.1, -0.05) is 12.1 Å². The molecule has 6 heteroatoms. The van der Waals surface area contributed by atoms with Crippen LogP contribution in [0.4, 0.5) is 9.18 Å². The van der Waals surface area contributed by atoms with Gasteiger partial charge in [0.2, 0.25) is 0 Å². The standard InChI is InChI=1S/C18H21FN2O3/c1-21(2)18(22)24-16-5-3-4-13(12-16)17(20)10-11-23-15-8-6-14(19)7-9-15/h3-9,12,17H,10-11,20H2,1-2H3. The molecule has 5 nitrogen and oxygen atoms in total. The number of nitrogens with zero attached hydrogens (tertiary/aromatic N) is 1. The summed E-state index contributed by atoms with van der Waals surface area (Å²) in [5.74, 6) is 0.738. The molecular formula is C18H21FN2O3. The van der Waals surface area contributed by atoms with Crippen molar-refractivity contribution in [1.82, 2.24) is 4.90 Å². The quantitative estimate of drug-likeness (QED) is 0.881. The number of nitrogens with two attached hydrogens (primary N) is 1. The third-order valence-electron chi connectivity index (χ3n) is 3.37. The Balaban J connectivity index is 1.88. The first kappa shape index (κ1) is 17.7. The Morgan fingerprint density at radius 3 is 2.54 bits per heavy atom. The number of halogens is 1. The molecule has 0 aliphatic rings. The van der Waals surface area contributed by atoms with E-state index in [1.165, 1.54) is 17.0 Å². The van der Waals surface area contributed by atoms with Crippen LogP contribution in [0, 0.1) is 5.82 Å². The Hall–Kier alpha value is -2.60. The molecule has 0 saturated heterocycles. The van der Waals surface area contributed by atoms with Crippen molar-refractivity contribution in [3.05, 3.63) is 59.9 Å². The van der Waals surface area contributed by atoms with E-state index < -0.39 is 6.09 Å². The van der Waals surface area contributed by atoms with Crippen molar-refractivity contribution in [2.24, 2.45) is 5.73 Å². The smallest absolute Gasteiger partial charge is 0.414 e. The van der Waals surface area contributed by atoms with Gasteiger partial charge >= 0.3 is 6.09 Å². The minimum Gasteiger partial charge on any atom is -0.494 e. The number of rotatable bonds is 6. The van der Waals surface area contributed by atoms with Gasteiger partial charge in [-0.15, -0.1) is 0 Å². The van der Waals surface area contributed by atoms with E-state index in [2.05, 4.69) is 0 Å². The molecule has 1 amide bonds. The van der Waals surface area contributed by atoms with Gasteiger partial charge in [-0.2, -0.15) is 0 Å². The number of carbonyl (C=O) groups excluding carboxylic acids is 1. The highest BCUT2D eigenvalue weighted by Gasteiger charge is 2.10. The van der Waals surface area contributed by atoms with Gasteiger partial charge < -0.3 is 20.1 Å². The molecule has 1 unspecified atom stereocenters. The number of hydrogen-bond donors (Lipinski definition) is 1. The fourth-order valence-electron chi connectivity index (χ4n) is 2.00. The number of amides is 1. The van der Waals surface area contributed by atoms with Crippen LogP contribution in [0.1, 0.15) is 18.0 Å². The molecule has 0 saturated carbocycles. The van der Waals surface area contributed by atoms with E-state index >= 15 is 0 Å². The van der Waals surface area contributed by atoms with Crippen molar-refractivity contribution in [3.63, 3.8) is 0 Å². The monoisotopic (exact) mass is 332 g/mol. The van der Waals surface area contributed by atoms with E-state index in [0.717, 1.165) is 5.56 Å². The van der Waals surface area contributed by atoms with Crippen LogP contribution in [-0.2, 0) is 0 Å². The third kappa shape index (κ3) is 5.24. The Labute approximate surface area is 140 Å². The van der Waals surface area contributed by atoms with E-state index in [1.807, 2.05) is 6.07 Å². The van der Waals surface area contributed by atoms with Crippen molar-refractivity contribution < 1.29 is 18.7 Å². The summed E-state index contributed by atoms with van der Waals surface area (Å²) in [6.07, 6.45) is 0.128. The molecular weight excluding hydrogens is 311 g/mol. The molecule has 0 radical (unpaired) electrons. The summed E-state index contributed by atoms with van der Waals surface area (Å²) in [6.45, 7) is 0.397. The lowest BCUT2D eigenvalue weighted by molar-refractivity contribution is 0.172. The van der Waals surface area contributed by atoms with E-state index in [1.54, 1.807) is 44.4 Å². The summed E-state index contributed by atoms with van der Waals surface area (Å²) in [5.41, 5.74) is 7.00. The molecule has 2 rings (SSSR count). The molecule has 2 N–H and O–H groups in total. The van der Waals surface area contributed by atoms with Crippen LogP contribution in [0.5, 0.6) is 11.5 Å². The second kappa shape index (κ2) is 8.31. The van der Waals surface area contributed by atoms with Gasteiger partial charge in [0.25, 0.3) is 0 Å². The van der Waals surface area contributed by atoms with E-state index in [-0.39, 0.29) is 11.9 Å². The highest BCUT2D eigenvalue weighted by atomic mass is 19.1. The molecule has 0 fully saturated rings. The minimum atomic E-state index is -0.444. The SMILES string of the molecule is CN(C)C(=O)Oc1cccc(C(N)CCOc2ccc(F)cc2)c1. The maximum Gasteiger partial charge on any atom is 0.414 e. The van der Waals surface area contributed by atoms with Crippen molar-refractivity contribution in [2.75, 3.05) is 20.7 Å². The minimum absolute atomic E-state index is 0.261. The van der Waals surface area contributed by atoms with Crippen LogP contribution in [-0.4, -0.2) is 31.7 Å². The molecule has 24 heavy (non-hydrogen) atoms. The molecule has 128 valence electrons. The van der Waals surface area contributed by atoms with Crippen molar-refractivity contribution in [1.29, 1.82) is 0 Å². The molecule has 1 atom stereocenters. The fourth-order valence-corrected chi connectivity index (χ4v) is 2.00. The topological polar surface area (TPSA) is 64.8 Å². The van der Waals surface area contributed by atoms with E-state index in [4.69, 9.17) is 15.2 Å². The van der Waals surface area contributed by atoms with Crippen LogP contribution in [0.15, 0.2) is 48.5 Å². The third-order valence-corrected chi connectivity index (χ3v) is 3.37. The van der Waals surface area contributed by atoms with Gasteiger partial charge in [-0.05, 0) is 42.0 Å². The number of hydrogen-bond acceptors (Lipinski definition) is 4. The first-order chi connectivity index (χ1) is 11.5. The zero-order valence-corrected chi connectivity index (χ0v) is 13.7. The predicted molar refractivity (Wildman–Crippen MR) is 89.6 cm³/mol. The maximum atomic E-state index is 12.8. The van der Waals surface area contributed by atoms with Crippen molar-refractivity contribution in [2.45, 2.75) is 12.5 Å². The van der Waals surface area contributed by atoms with Gasteiger partial charge in [-0.25, -0.2) is 9.18 Å². The molecule has 2 aromatic carbocycles. The highest BCUT2D eigenvalue weighted by Crippen LogP contribution is 2.21. The van der Waals surface area contributed by atoms with Crippen molar-refractivity contribution >= 4 is 6.09 Å². The highest BCUT2D eigenvalue weighted by molar-refractivity contribution is 5.70. The normalized spacial score (nSPS) is 11.7. The van der Waals surface area contributed by atoms with Gasteiger partial charge in [0.05, 0.1) is 6.61 Å². The summed E-state index contributed by atoms with van der Waals surface area (Å²) in [6, 6.07) is 12.7. The van der Waals surface area contributed by atoms with Gasteiger partial charge in [0.1, 0.15) is 17.3 Å². The Kier molecular flexibility index (Phi) is 6.14. The summed E-state index contributed by atoms with van der Waals surface area (Å²) in [5, 5.41) is 0. The van der Waals surface area contributed by atoms with Gasteiger partial charge in [0, 0.05) is 26.6 Å². The average molecular weight is 332 g/mol. The van der Waals surface area contributed by atoms with Crippen LogP contribution in [0.2, 0.25) is 0 Å². The molecule has 2 aromatic rings. The molecule has 0 aliphatic carbocycles. The van der Waals surface area contributed by atoms with Crippen LogP contribution >= 0.6 is 0 Å². The van der Waals surface area contributed by atoms with Crippen LogP contribution in [0.25, 0.3) is 0 Å². The summed E-state index contributed by atoms with van der Waals surface area (Å²) >= 11 is 0. The Bertz CT molecular complexity index is 674. The first-order valence-corrected chi connectivity index (χ1v) is 7.59. The lowest BCUT2D eigenvalue weighted by Crippen LogP contribution is -2.25. The second-order valence-electron chi connectivity index (χ2n) is 5.53. The Morgan fingerprint density at radius 2 is 1.88 bits per heavy atom. The van der Waals surface area contributed by atoms with E-state index in [9.17, 15) is 9.18 Å². The molecule has 0 aromatic heterocycles. The largest absolute Gasteiger partial charge is 0.494 e. The van der Waals surface area contributed by atoms with Crippen LogP contribution < -0.4 is 15.2 Å². The first-order valence-electron chi connectivity index (χ1n) is 7.59. The van der Waals surface area contributed by atoms with E-state index in [0.29, 0.717) is 24.5 Å². The molecule has 0 spiro atoms. The Morgan fingerprint density at radius 1 is 1.17 bits per heavy atom. The zero-order valence-electron chi connectivity index (χ0n) is 13.7. The van der Waals surface area contributed by atoms with Gasteiger partial charge in [0.15, 0.2) is 0 Å². The lowest BCUT2D eigenvalue weighted by Gasteiger charge is -2.15. The molecule has 0 aliphatic heterocycles. The van der Waals surface area contributed by atoms with Crippen molar-refractivity contribution in [3.8, 4) is 11.5 Å². The van der Waals surface area contributed by atoms with Gasteiger partial charge in [-0.3, -0.25) is 0 Å². The summed E-state index contributed by atoms with van der Waals surface area (Å²) in [7, 11) is 3.23. The number of benzene rings is 2. The van der Waals surface area contributed by atoms with Crippen LogP contribution in [0.3, 0.4) is 0 Å². The average Bonchev–Trinajstić information content (AvgIpc) is 2.56. The predicted octanol–water partition coefficient (Wildman–Crippen LogP) is 3.36. The molecule has 0 heterocycles. The summed E-state index contributed by atoms with van der Waals surface area (Å²) in [4.78, 5) is 12.9. The molecule has 0 bridgehead atoms.